The second kappa shape index (κ2) is 9.47. The van der Waals surface area contributed by atoms with Gasteiger partial charge in [0.15, 0.2) is 11.0 Å². The van der Waals surface area contributed by atoms with Crippen LogP contribution >= 0.6 is 23.4 Å². The number of hydrogen-bond acceptors (Lipinski definition) is 6. The number of halogens is 1. The molecule has 0 spiro atoms. The molecule has 4 rings (SSSR count). The van der Waals surface area contributed by atoms with Crippen LogP contribution in [0.1, 0.15) is 11.5 Å². The van der Waals surface area contributed by atoms with Gasteiger partial charge >= 0.3 is 0 Å². The zero-order chi connectivity index (χ0) is 20.9. The Morgan fingerprint density at radius 2 is 1.80 bits per heavy atom. The van der Waals surface area contributed by atoms with Gasteiger partial charge in [0.1, 0.15) is 5.76 Å². The van der Waals surface area contributed by atoms with Gasteiger partial charge in [-0.05, 0) is 43.3 Å². The number of ether oxygens (including phenoxy) is 1. The number of oxazole rings is 1. The van der Waals surface area contributed by atoms with E-state index in [1.54, 1.807) is 18.9 Å². The highest BCUT2D eigenvalue weighted by Crippen LogP contribution is 2.29. The molecule has 2 heterocycles. The fraction of sp³-hybridized carbons (Fsp3) is 0.227. The first kappa shape index (κ1) is 20.7. The van der Waals surface area contributed by atoms with E-state index in [9.17, 15) is 0 Å². The Labute approximate surface area is 184 Å². The van der Waals surface area contributed by atoms with Crippen molar-refractivity contribution in [3.8, 4) is 22.8 Å². The van der Waals surface area contributed by atoms with Crippen LogP contribution in [0.15, 0.2) is 64.2 Å². The third-order valence-electron chi connectivity index (χ3n) is 4.59. The number of benzene rings is 2. The predicted octanol–water partition coefficient (Wildman–Crippen LogP) is 5.50. The Bertz CT molecular complexity index is 1110. The maximum absolute atomic E-state index is 6.02. The van der Waals surface area contributed by atoms with Crippen molar-refractivity contribution in [2.45, 2.75) is 24.4 Å². The second-order valence-corrected chi connectivity index (χ2v) is 8.01. The minimum absolute atomic E-state index is 0.563. The van der Waals surface area contributed by atoms with Gasteiger partial charge in [0, 0.05) is 29.0 Å². The second-order valence-electron chi connectivity index (χ2n) is 6.63. The van der Waals surface area contributed by atoms with E-state index in [1.165, 1.54) is 0 Å². The summed E-state index contributed by atoms with van der Waals surface area (Å²) in [6, 6.07) is 17.5. The van der Waals surface area contributed by atoms with Crippen LogP contribution in [-0.4, -0.2) is 33.5 Å². The Morgan fingerprint density at radius 3 is 2.53 bits per heavy atom. The molecular weight excluding hydrogens is 420 g/mol. The molecule has 30 heavy (non-hydrogen) atoms. The molecule has 8 heteroatoms. The average Bonchev–Trinajstić information content (AvgIpc) is 3.35. The zero-order valence-electron chi connectivity index (χ0n) is 16.7. The van der Waals surface area contributed by atoms with E-state index in [2.05, 4.69) is 19.7 Å². The van der Waals surface area contributed by atoms with Crippen LogP contribution < -0.4 is 0 Å². The van der Waals surface area contributed by atoms with Gasteiger partial charge in [0.05, 0.1) is 18.8 Å². The molecule has 0 fully saturated rings. The van der Waals surface area contributed by atoms with E-state index in [-0.39, 0.29) is 0 Å². The first-order chi connectivity index (χ1) is 14.7. The first-order valence-electron chi connectivity index (χ1n) is 9.48. The lowest BCUT2D eigenvalue weighted by Gasteiger charge is -2.09. The maximum atomic E-state index is 6.02. The van der Waals surface area contributed by atoms with Gasteiger partial charge in [-0.2, -0.15) is 0 Å². The van der Waals surface area contributed by atoms with E-state index in [0.717, 1.165) is 33.6 Å². The summed E-state index contributed by atoms with van der Waals surface area (Å²) in [4.78, 5) is 4.68. The number of nitrogens with zero attached hydrogens (tertiary/aromatic N) is 4. The van der Waals surface area contributed by atoms with Crippen LogP contribution in [0.2, 0.25) is 5.02 Å². The Morgan fingerprint density at radius 1 is 1.03 bits per heavy atom. The molecule has 0 atom stereocenters. The van der Waals surface area contributed by atoms with Crippen molar-refractivity contribution >= 4 is 23.4 Å². The topological polar surface area (TPSA) is 66.0 Å². The summed E-state index contributed by atoms with van der Waals surface area (Å²) in [6.45, 7) is 3.15. The van der Waals surface area contributed by atoms with Crippen LogP contribution in [0.5, 0.6) is 0 Å². The van der Waals surface area contributed by atoms with Crippen LogP contribution in [0.25, 0.3) is 22.8 Å². The Hall–Kier alpha value is -2.61. The first-order valence-corrected chi connectivity index (χ1v) is 10.8. The van der Waals surface area contributed by atoms with Crippen LogP contribution in [-0.2, 0) is 17.0 Å². The van der Waals surface area contributed by atoms with Gasteiger partial charge in [0.2, 0.25) is 5.89 Å². The summed E-state index contributed by atoms with van der Waals surface area (Å²) in [7, 11) is 1.68. The van der Waals surface area contributed by atoms with Gasteiger partial charge in [-0.25, -0.2) is 4.98 Å². The van der Waals surface area contributed by atoms with Crippen molar-refractivity contribution in [1.82, 2.24) is 19.7 Å². The highest BCUT2D eigenvalue weighted by atomic mass is 35.5. The highest BCUT2D eigenvalue weighted by Gasteiger charge is 2.17. The predicted molar refractivity (Wildman–Crippen MR) is 119 cm³/mol. The van der Waals surface area contributed by atoms with E-state index in [1.807, 2.05) is 61.5 Å². The molecule has 0 bridgehead atoms. The molecular formula is C22H21ClN4O2S. The quantitative estimate of drug-likeness (QED) is 0.337. The fourth-order valence-corrected chi connectivity index (χ4v) is 4.08. The smallest absolute Gasteiger partial charge is 0.226 e. The summed E-state index contributed by atoms with van der Waals surface area (Å²) in [5.74, 6) is 2.86. The highest BCUT2D eigenvalue weighted by molar-refractivity contribution is 7.98. The standard InChI is InChI=1S/C22H21ClN4O2S/c1-15-19(24-21(29-15)17-6-4-3-5-7-17)14-30-22-26-25-20(27(22)12-13-28-2)16-8-10-18(23)11-9-16/h3-11H,12-14H2,1-2H3. The van der Waals surface area contributed by atoms with Crippen molar-refractivity contribution in [3.05, 3.63) is 71.1 Å². The van der Waals surface area contributed by atoms with Gasteiger partial charge in [-0.3, -0.25) is 4.57 Å². The van der Waals surface area contributed by atoms with Gasteiger partial charge in [-0.1, -0.05) is 41.6 Å². The normalized spacial score (nSPS) is 11.2. The van der Waals surface area contributed by atoms with Crippen LogP contribution in [0.3, 0.4) is 0 Å². The van der Waals surface area contributed by atoms with Gasteiger partial charge in [0.25, 0.3) is 0 Å². The number of hydrogen-bond donors (Lipinski definition) is 0. The molecule has 4 aromatic rings. The third-order valence-corrected chi connectivity index (χ3v) is 5.82. The molecule has 0 aliphatic carbocycles. The molecule has 0 unspecified atom stereocenters. The molecule has 154 valence electrons. The lowest BCUT2D eigenvalue weighted by molar-refractivity contribution is 0.185. The molecule has 2 aromatic carbocycles. The van der Waals surface area contributed by atoms with Crippen molar-refractivity contribution in [1.29, 1.82) is 0 Å². The van der Waals surface area contributed by atoms with Crippen LogP contribution in [0.4, 0.5) is 0 Å². The van der Waals surface area contributed by atoms with E-state index in [0.29, 0.717) is 29.8 Å². The lowest BCUT2D eigenvalue weighted by Crippen LogP contribution is -2.07. The molecule has 0 aliphatic rings. The lowest BCUT2D eigenvalue weighted by atomic mass is 10.2. The molecule has 0 aliphatic heterocycles. The third kappa shape index (κ3) is 4.59. The molecule has 2 aromatic heterocycles. The molecule has 6 nitrogen and oxygen atoms in total. The molecule has 0 amide bonds. The number of thioether (sulfide) groups is 1. The summed E-state index contributed by atoms with van der Waals surface area (Å²) in [5, 5.41) is 10.3. The average molecular weight is 441 g/mol. The van der Waals surface area contributed by atoms with E-state index >= 15 is 0 Å². The monoisotopic (exact) mass is 440 g/mol. The SMILES string of the molecule is COCCn1c(SCc2nc(-c3ccccc3)oc2C)nnc1-c1ccc(Cl)cc1. The van der Waals surface area contributed by atoms with Crippen LogP contribution in [0, 0.1) is 6.92 Å². The Balaban J connectivity index is 1.56. The van der Waals surface area contributed by atoms with Crippen molar-refractivity contribution in [3.63, 3.8) is 0 Å². The molecule has 0 saturated carbocycles. The number of methoxy groups -OCH3 is 1. The summed E-state index contributed by atoms with van der Waals surface area (Å²) >= 11 is 7.60. The zero-order valence-corrected chi connectivity index (χ0v) is 18.3. The minimum atomic E-state index is 0.563. The summed E-state index contributed by atoms with van der Waals surface area (Å²) in [5.41, 5.74) is 2.82. The van der Waals surface area contributed by atoms with Crippen molar-refractivity contribution < 1.29 is 9.15 Å². The maximum Gasteiger partial charge on any atom is 0.226 e. The summed E-state index contributed by atoms with van der Waals surface area (Å²) < 4.78 is 13.2. The van der Waals surface area contributed by atoms with Crippen molar-refractivity contribution in [2.75, 3.05) is 13.7 Å². The fourth-order valence-electron chi connectivity index (χ4n) is 2.99. The number of aryl methyl sites for hydroxylation is 1. The van der Waals surface area contributed by atoms with E-state index in [4.69, 9.17) is 20.8 Å². The Kier molecular flexibility index (Phi) is 6.52. The van der Waals surface area contributed by atoms with Gasteiger partial charge < -0.3 is 9.15 Å². The molecule has 0 saturated heterocycles. The molecule has 0 N–H and O–H groups in total. The minimum Gasteiger partial charge on any atom is -0.441 e. The van der Waals surface area contributed by atoms with Gasteiger partial charge in [-0.15, -0.1) is 10.2 Å². The van der Waals surface area contributed by atoms with E-state index < -0.39 is 0 Å². The van der Waals surface area contributed by atoms with Crippen molar-refractivity contribution in [2.24, 2.45) is 0 Å². The number of rotatable bonds is 8. The largest absolute Gasteiger partial charge is 0.441 e. The summed E-state index contributed by atoms with van der Waals surface area (Å²) in [6.07, 6.45) is 0. The number of aromatic nitrogens is 4. The molecule has 0 radical (unpaired) electrons.